The predicted octanol–water partition coefficient (Wildman–Crippen LogP) is 3.04. The Labute approximate surface area is 155 Å². The van der Waals surface area contributed by atoms with E-state index in [1.54, 1.807) is 24.0 Å². The smallest absolute Gasteiger partial charge is 0.310 e. The molecule has 1 atom stereocenters. The van der Waals surface area contributed by atoms with Crippen molar-refractivity contribution in [1.82, 2.24) is 4.90 Å². The van der Waals surface area contributed by atoms with Gasteiger partial charge < -0.3 is 19.1 Å². The van der Waals surface area contributed by atoms with Crippen LogP contribution in [-0.4, -0.2) is 49.7 Å². The van der Waals surface area contributed by atoms with E-state index in [0.717, 1.165) is 31.4 Å². The lowest BCUT2D eigenvalue weighted by atomic mass is 10.1. The Morgan fingerprint density at radius 1 is 1.12 bits per heavy atom. The maximum Gasteiger partial charge on any atom is 0.310 e. The van der Waals surface area contributed by atoms with Crippen LogP contribution in [0.3, 0.4) is 0 Å². The van der Waals surface area contributed by atoms with Crippen LogP contribution >= 0.6 is 0 Å². The second-order valence-corrected chi connectivity index (χ2v) is 6.60. The number of ether oxygens (including phenoxy) is 3. The number of hydrogen-bond acceptors (Lipinski definition) is 5. The van der Waals surface area contributed by atoms with Crippen LogP contribution in [0.15, 0.2) is 24.3 Å². The molecule has 0 bridgehead atoms. The number of carbonyl (C=O) groups is 2. The first-order chi connectivity index (χ1) is 12.5. The van der Waals surface area contributed by atoms with Gasteiger partial charge in [0, 0.05) is 12.6 Å². The highest BCUT2D eigenvalue weighted by Crippen LogP contribution is 2.25. The van der Waals surface area contributed by atoms with E-state index in [4.69, 9.17) is 14.2 Å². The van der Waals surface area contributed by atoms with Crippen LogP contribution in [-0.2, 0) is 14.3 Å². The molecule has 0 aromatic heterocycles. The predicted molar refractivity (Wildman–Crippen MR) is 98.3 cm³/mol. The second kappa shape index (κ2) is 10.0. The topological polar surface area (TPSA) is 65.1 Å². The van der Waals surface area contributed by atoms with E-state index in [0.29, 0.717) is 18.9 Å². The molecule has 2 rings (SSSR count). The maximum absolute atomic E-state index is 12.7. The average Bonchev–Trinajstić information content (AvgIpc) is 3.19. The minimum Gasteiger partial charge on any atom is -0.494 e. The molecule has 144 valence electrons. The molecular weight excluding hydrogens is 334 g/mol. The summed E-state index contributed by atoms with van der Waals surface area (Å²) in [5.74, 6) is 0.643. The van der Waals surface area contributed by atoms with E-state index in [1.165, 1.54) is 7.11 Å². The number of esters is 1. The van der Waals surface area contributed by atoms with Crippen LogP contribution in [0.5, 0.6) is 11.5 Å². The Balaban J connectivity index is 1.95. The van der Waals surface area contributed by atoms with Gasteiger partial charge in [0.1, 0.15) is 11.5 Å². The van der Waals surface area contributed by atoms with Crippen molar-refractivity contribution in [1.29, 1.82) is 0 Å². The second-order valence-electron chi connectivity index (χ2n) is 6.60. The van der Waals surface area contributed by atoms with E-state index >= 15 is 0 Å². The summed E-state index contributed by atoms with van der Waals surface area (Å²) in [5.41, 5.74) is 0. The number of amides is 1. The molecule has 1 saturated carbocycles. The molecule has 1 aromatic carbocycles. The zero-order chi connectivity index (χ0) is 18.9. The van der Waals surface area contributed by atoms with Crippen LogP contribution in [0.1, 0.15) is 39.5 Å². The maximum atomic E-state index is 12.7. The molecule has 0 heterocycles. The molecule has 1 unspecified atom stereocenters. The lowest BCUT2D eigenvalue weighted by Gasteiger charge is -2.30. The number of nitrogens with zero attached hydrogens (tertiary/aromatic N) is 1. The van der Waals surface area contributed by atoms with Gasteiger partial charge in [0.2, 0.25) is 0 Å². The van der Waals surface area contributed by atoms with Gasteiger partial charge in [0.25, 0.3) is 5.91 Å². The van der Waals surface area contributed by atoms with Gasteiger partial charge >= 0.3 is 5.97 Å². The number of carbonyl (C=O) groups excluding carboxylic acids is 2. The van der Waals surface area contributed by atoms with Crippen molar-refractivity contribution in [3.05, 3.63) is 24.3 Å². The van der Waals surface area contributed by atoms with Gasteiger partial charge in [-0.3, -0.25) is 9.59 Å². The first kappa shape index (κ1) is 20.1. The molecule has 1 aromatic rings. The lowest BCUT2D eigenvalue weighted by Crippen LogP contribution is -2.45. The quantitative estimate of drug-likeness (QED) is 0.631. The summed E-state index contributed by atoms with van der Waals surface area (Å²) >= 11 is 0. The standard InChI is InChI=1S/C20H29NO5/c1-4-25-17-9-11-18(12-10-17)26-14-19(22)21(16-7-5-6-8-16)13-15(2)20(23)24-3/h9-12,15-16H,4-8,13-14H2,1-3H3. The van der Waals surface area contributed by atoms with E-state index < -0.39 is 0 Å². The lowest BCUT2D eigenvalue weighted by molar-refractivity contribution is -0.147. The Morgan fingerprint density at radius 3 is 2.23 bits per heavy atom. The number of rotatable bonds is 9. The minimum absolute atomic E-state index is 0.0433. The Kier molecular flexibility index (Phi) is 7.75. The van der Waals surface area contributed by atoms with E-state index in [-0.39, 0.29) is 30.4 Å². The van der Waals surface area contributed by atoms with Crippen molar-refractivity contribution in [2.24, 2.45) is 5.92 Å². The summed E-state index contributed by atoms with van der Waals surface area (Å²) in [7, 11) is 1.37. The van der Waals surface area contributed by atoms with Gasteiger partial charge in [-0.15, -0.1) is 0 Å². The Bertz CT molecular complexity index is 580. The largest absolute Gasteiger partial charge is 0.494 e. The van der Waals surface area contributed by atoms with Crippen LogP contribution in [0, 0.1) is 5.92 Å². The monoisotopic (exact) mass is 363 g/mol. The fourth-order valence-electron chi connectivity index (χ4n) is 3.27. The Morgan fingerprint density at radius 2 is 1.69 bits per heavy atom. The summed E-state index contributed by atoms with van der Waals surface area (Å²) < 4.78 is 15.8. The molecular formula is C20H29NO5. The average molecular weight is 363 g/mol. The third-order valence-electron chi connectivity index (χ3n) is 4.66. The third-order valence-corrected chi connectivity index (χ3v) is 4.66. The van der Waals surface area contributed by atoms with Crippen LogP contribution in [0.4, 0.5) is 0 Å². The summed E-state index contributed by atoms with van der Waals surface area (Å²) in [5, 5.41) is 0. The summed E-state index contributed by atoms with van der Waals surface area (Å²) in [6, 6.07) is 7.39. The first-order valence-electron chi connectivity index (χ1n) is 9.28. The fourth-order valence-corrected chi connectivity index (χ4v) is 3.27. The molecule has 1 fully saturated rings. The molecule has 26 heavy (non-hydrogen) atoms. The van der Waals surface area contributed by atoms with Crippen molar-refractivity contribution in [2.75, 3.05) is 26.9 Å². The number of benzene rings is 1. The van der Waals surface area contributed by atoms with Crippen LogP contribution in [0.25, 0.3) is 0 Å². The fraction of sp³-hybridized carbons (Fsp3) is 0.600. The van der Waals surface area contributed by atoms with E-state index in [1.807, 2.05) is 19.1 Å². The van der Waals surface area contributed by atoms with Gasteiger partial charge in [-0.1, -0.05) is 19.8 Å². The van der Waals surface area contributed by atoms with E-state index in [9.17, 15) is 9.59 Å². The van der Waals surface area contributed by atoms with Gasteiger partial charge in [-0.25, -0.2) is 0 Å². The molecule has 1 aliphatic rings. The molecule has 6 nitrogen and oxygen atoms in total. The summed E-state index contributed by atoms with van der Waals surface area (Å²) in [6.07, 6.45) is 4.17. The molecule has 0 spiro atoms. The van der Waals surface area contributed by atoms with Gasteiger partial charge in [0.15, 0.2) is 6.61 Å². The minimum atomic E-state index is -0.352. The van der Waals surface area contributed by atoms with E-state index in [2.05, 4.69) is 0 Å². The SMILES string of the molecule is CCOc1ccc(OCC(=O)N(CC(C)C(=O)OC)C2CCCC2)cc1. The molecule has 1 amide bonds. The number of methoxy groups -OCH3 is 1. The third kappa shape index (κ3) is 5.64. The molecule has 6 heteroatoms. The zero-order valence-electron chi connectivity index (χ0n) is 15.9. The van der Waals surface area contributed by atoms with Gasteiger partial charge in [-0.05, 0) is 44.0 Å². The highest BCUT2D eigenvalue weighted by atomic mass is 16.5. The first-order valence-corrected chi connectivity index (χ1v) is 9.28. The van der Waals surface area contributed by atoms with Crippen molar-refractivity contribution in [3.63, 3.8) is 0 Å². The van der Waals surface area contributed by atoms with Crippen LogP contribution < -0.4 is 9.47 Å². The summed E-state index contributed by atoms with van der Waals surface area (Å²) in [6.45, 7) is 4.64. The molecule has 0 saturated heterocycles. The van der Waals surface area contributed by atoms with Crippen molar-refractivity contribution >= 4 is 11.9 Å². The normalized spacial score (nSPS) is 15.3. The highest BCUT2D eigenvalue weighted by Gasteiger charge is 2.30. The molecule has 0 aliphatic heterocycles. The van der Waals surface area contributed by atoms with Crippen molar-refractivity contribution < 1.29 is 23.8 Å². The van der Waals surface area contributed by atoms with Crippen molar-refractivity contribution in [3.8, 4) is 11.5 Å². The number of hydrogen-bond donors (Lipinski definition) is 0. The summed E-state index contributed by atoms with van der Waals surface area (Å²) in [4.78, 5) is 26.3. The molecule has 0 N–H and O–H groups in total. The van der Waals surface area contributed by atoms with Gasteiger partial charge in [0.05, 0.1) is 19.6 Å². The zero-order valence-corrected chi connectivity index (χ0v) is 15.9. The van der Waals surface area contributed by atoms with Crippen LogP contribution in [0.2, 0.25) is 0 Å². The van der Waals surface area contributed by atoms with Crippen molar-refractivity contribution in [2.45, 2.75) is 45.6 Å². The molecule has 0 radical (unpaired) electrons. The molecule has 1 aliphatic carbocycles. The Hall–Kier alpha value is -2.24. The van der Waals surface area contributed by atoms with Gasteiger partial charge in [-0.2, -0.15) is 0 Å². The highest BCUT2D eigenvalue weighted by molar-refractivity contribution is 5.79.